The molecule has 2 aromatic heterocycles. The molecule has 67 heavy (non-hydrogen) atoms. The molecule has 2 aliphatic rings. The summed E-state index contributed by atoms with van der Waals surface area (Å²) in [6.45, 7) is 4.77. The third-order valence-corrected chi connectivity index (χ3v) is 16.2. The van der Waals surface area contributed by atoms with Crippen molar-refractivity contribution >= 4 is 70.5 Å². The largest absolute Gasteiger partial charge is 0.456 e. The Labute approximate surface area is 393 Å². The summed E-state index contributed by atoms with van der Waals surface area (Å²) in [6, 6.07) is 83.2. The summed E-state index contributed by atoms with van der Waals surface area (Å²) in [7, 11) is 0. The third-order valence-electron chi connectivity index (χ3n) is 15.0. The van der Waals surface area contributed by atoms with Gasteiger partial charge in [-0.1, -0.05) is 178 Å². The van der Waals surface area contributed by atoms with Gasteiger partial charge in [-0.25, -0.2) is 0 Å². The van der Waals surface area contributed by atoms with Crippen LogP contribution < -0.4 is 4.90 Å². The number of rotatable bonds is 5. The molecule has 316 valence electrons. The van der Waals surface area contributed by atoms with Crippen LogP contribution >= 0.6 is 11.3 Å². The first-order chi connectivity index (χ1) is 33.0. The predicted molar refractivity (Wildman–Crippen MR) is 282 cm³/mol. The van der Waals surface area contributed by atoms with Gasteiger partial charge in [0.2, 0.25) is 0 Å². The van der Waals surface area contributed by atoms with Crippen molar-refractivity contribution in [3.63, 3.8) is 0 Å². The van der Waals surface area contributed by atoms with Crippen molar-refractivity contribution in [1.82, 2.24) is 0 Å². The first kappa shape index (κ1) is 38.3. The molecule has 0 amide bonds. The smallest absolute Gasteiger partial charge is 0.135 e. The van der Waals surface area contributed by atoms with Crippen molar-refractivity contribution in [2.45, 2.75) is 24.7 Å². The minimum atomic E-state index is -0.439. The van der Waals surface area contributed by atoms with Crippen LogP contribution in [0.15, 0.2) is 229 Å². The van der Waals surface area contributed by atoms with E-state index < -0.39 is 5.41 Å². The van der Waals surface area contributed by atoms with E-state index in [9.17, 15) is 0 Å². The van der Waals surface area contributed by atoms with Gasteiger partial charge in [0, 0.05) is 53.4 Å². The van der Waals surface area contributed by atoms with Crippen LogP contribution in [0.1, 0.15) is 47.2 Å². The first-order valence-corrected chi connectivity index (χ1v) is 24.1. The number of para-hydroxylation sites is 1. The molecule has 0 saturated carbocycles. The second-order valence-corrected chi connectivity index (χ2v) is 19.8. The first-order valence-electron chi connectivity index (χ1n) is 23.2. The Morgan fingerprint density at radius 1 is 0.358 bits per heavy atom. The fourth-order valence-corrected chi connectivity index (χ4v) is 13.1. The van der Waals surface area contributed by atoms with Gasteiger partial charge in [-0.05, 0) is 127 Å². The van der Waals surface area contributed by atoms with Crippen molar-refractivity contribution in [3.8, 4) is 33.4 Å². The molecule has 0 N–H and O–H groups in total. The van der Waals surface area contributed by atoms with Gasteiger partial charge in [-0.3, -0.25) is 0 Å². The van der Waals surface area contributed by atoms with Gasteiger partial charge in [0.1, 0.15) is 11.2 Å². The van der Waals surface area contributed by atoms with Gasteiger partial charge >= 0.3 is 0 Å². The lowest BCUT2D eigenvalue weighted by Gasteiger charge is -2.46. The summed E-state index contributed by atoms with van der Waals surface area (Å²) >= 11 is 1.87. The molecule has 2 heterocycles. The summed E-state index contributed by atoms with van der Waals surface area (Å²) in [5, 5.41) is 4.84. The van der Waals surface area contributed by atoms with Crippen LogP contribution in [-0.2, 0) is 10.8 Å². The van der Waals surface area contributed by atoms with Gasteiger partial charge in [-0.2, -0.15) is 0 Å². The zero-order valence-corrected chi connectivity index (χ0v) is 37.9. The third kappa shape index (κ3) is 5.44. The minimum Gasteiger partial charge on any atom is -0.456 e. The van der Waals surface area contributed by atoms with Gasteiger partial charge < -0.3 is 9.32 Å². The Balaban J connectivity index is 0.903. The quantitative estimate of drug-likeness (QED) is 0.171. The van der Waals surface area contributed by atoms with E-state index in [-0.39, 0.29) is 5.41 Å². The molecule has 10 aromatic carbocycles. The van der Waals surface area contributed by atoms with Gasteiger partial charge in [-0.15, -0.1) is 11.3 Å². The van der Waals surface area contributed by atoms with Crippen LogP contribution in [-0.4, -0.2) is 0 Å². The van der Waals surface area contributed by atoms with E-state index in [4.69, 9.17) is 4.42 Å². The Morgan fingerprint density at radius 3 is 1.64 bits per heavy atom. The molecule has 12 aromatic rings. The predicted octanol–water partition coefficient (Wildman–Crippen LogP) is 17.8. The standard InChI is InChI=1S/C64H43NOS/c1-63(2)54-20-7-9-22-56(54)64(57-23-10-8-21-55(57)63)53-19-6-3-14-47(53)48-36-30-42(38-58(48)64)40-26-31-43(32-27-40)65(45-35-37-60-52(39-45)49-15-4-11-24-59(49)66-60)44-33-28-41(29-34-44)46-17-13-18-51-50-16-5-12-25-61(50)67-62(46)51/h3-39H,1-2H3. The Morgan fingerprint density at radius 2 is 0.896 bits per heavy atom. The summed E-state index contributed by atoms with van der Waals surface area (Å²) in [5.41, 5.74) is 20.1. The van der Waals surface area contributed by atoms with Crippen molar-refractivity contribution in [2.75, 3.05) is 4.90 Å². The lowest BCUT2D eigenvalue weighted by Crippen LogP contribution is -2.40. The molecule has 0 atom stereocenters. The van der Waals surface area contributed by atoms with Crippen molar-refractivity contribution in [3.05, 3.63) is 258 Å². The molecule has 0 unspecified atom stereocenters. The second-order valence-electron chi connectivity index (χ2n) is 18.8. The summed E-state index contributed by atoms with van der Waals surface area (Å²) in [5.74, 6) is 0. The fraction of sp³-hybridized carbons (Fsp3) is 0.0625. The van der Waals surface area contributed by atoms with Crippen LogP contribution in [0.2, 0.25) is 0 Å². The molecule has 0 fully saturated rings. The molecule has 2 aliphatic carbocycles. The molecule has 1 spiro atoms. The van der Waals surface area contributed by atoms with Crippen LogP contribution in [0.4, 0.5) is 17.1 Å². The molecule has 0 aliphatic heterocycles. The molecular weight excluding hydrogens is 831 g/mol. The van der Waals surface area contributed by atoms with Gasteiger partial charge in [0.25, 0.3) is 0 Å². The van der Waals surface area contributed by atoms with E-state index >= 15 is 0 Å². The molecular formula is C64H43NOS. The summed E-state index contributed by atoms with van der Waals surface area (Å²) < 4.78 is 8.95. The normalized spacial score (nSPS) is 14.1. The Bertz CT molecular complexity index is 3910. The number of benzene rings is 10. The van der Waals surface area contributed by atoms with Crippen molar-refractivity contribution < 1.29 is 4.42 Å². The highest BCUT2D eigenvalue weighted by molar-refractivity contribution is 7.26. The highest BCUT2D eigenvalue weighted by atomic mass is 32.1. The molecule has 2 nitrogen and oxygen atoms in total. The zero-order valence-electron chi connectivity index (χ0n) is 37.1. The molecule has 14 rings (SSSR count). The Kier molecular flexibility index (Phi) is 8.15. The average molecular weight is 874 g/mol. The Hall–Kier alpha value is -7.98. The van der Waals surface area contributed by atoms with E-state index in [1.165, 1.54) is 86.9 Å². The zero-order chi connectivity index (χ0) is 44.4. The highest BCUT2D eigenvalue weighted by Gasteiger charge is 2.53. The van der Waals surface area contributed by atoms with Crippen LogP contribution in [0, 0.1) is 0 Å². The van der Waals surface area contributed by atoms with Crippen molar-refractivity contribution in [1.29, 1.82) is 0 Å². The summed E-state index contributed by atoms with van der Waals surface area (Å²) in [6.07, 6.45) is 0. The van der Waals surface area contributed by atoms with Crippen LogP contribution in [0.5, 0.6) is 0 Å². The maximum atomic E-state index is 6.31. The number of thiophene rings is 1. The summed E-state index contributed by atoms with van der Waals surface area (Å²) in [4.78, 5) is 2.38. The van der Waals surface area contributed by atoms with Gasteiger partial charge in [0.05, 0.1) is 5.41 Å². The lowest BCUT2D eigenvalue weighted by atomic mass is 9.55. The second kappa shape index (κ2) is 14.3. The fourth-order valence-electron chi connectivity index (χ4n) is 11.9. The topological polar surface area (TPSA) is 16.4 Å². The average Bonchev–Trinajstić information content (AvgIpc) is 4.05. The lowest BCUT2D eigenvalue weighted by molar-refractivity contribution is 0.563. The maximum Gasteiger partial charge on any atom is 0.135 e. The SMILES string of the molecule is CC1(C)c2ccccc2C2(c3ccccc3-c3ccc(-c4ccc(N(c5ccc(-c6cccc7c6sc6ccccc67)cc5)c5ccc6oc7ccccc7c6c5)cc4)cc32)c2ccccc21. The molecule has 0 saturated heterocycles. The van der Waals surface area contributed by atoms with Crippen LogP contribution in [0.25, 0.3) is 75.5 Å². The highest BCUT2D eigenvalue weighted by Crippen LogP contribution is 2.62. The number of hydrogen-bond acceptors (Lipinski definition) is 3. The number of hydrogen-bond donors (Lipinski definition) is 0. The molecule has 0 bridgehead atoms. The molecule has 0 radical (unpaired) electrons. The van der Waals surface area contributed by atoms with E-state index in [1.54, 1.807) is 0 Å². The number of nitrogens with zero attached hydrogens (tertiary/aromatic N) is 1. The monoisotopic (exact) mass is 873 g/mol. The van der Waals surface area contributed by atoms with E-state index in [1.807, 2.05) is 23.5 Å². The van der Waals surface area contributed by atoms with Crippen molar-refractivity contribution in [2.24, 2.45) is 0 Å². The number of fused-ring (bicyclic) bond motifs is 15. The van der Waals surface area contributed by atoms with E-state index in [0.29, 0.717) is 0 Å². The van der Waals surface area contributed by atoms with Gasteiger partial charge in [0.15, 0.2) is 0 Å². The number of furan rings is 1. The number of anilines is 3. The van der Waals surface area contributed by atoms with Crippen LogP contribution in [0.3, 0.4) is 0 Å². The van der Waals surface area contributed by atoms with E-state index in [2.05, 4.69) is 231 Å². The minimum absolute atomic E-state index is 0.141. The van der Waals surface area contributed by atoms with E-state index in [0.717, 1.165) is 39.0 Å². The molecule has 3 heteroatoms. The maximum absolute atomic E-state index is 6.31.